The zero-order valence-electron chi connectivity index (χ0n) is 14.0. The number of nitrogens with zero attached hydrogens (tertiary/aromatic N) is 1. The molecular formula is C16H24BrNO5. The second-order valence-electron chi connectivity index (χ2n) is 5.97. The van der Waals surface area contributed by atoms with Gasteiger partial charge in [0, 0.05) is 19.2 Å². The van der Waals surface area contributed by atoms with Crippen LogP contribution in [0.1, 0.15) is 26.3 Å². The van der Waals surface area contributed by atoms with Crippen LogP contribution in [-0.4, -0.2) is 48.8 Å². The summed E-state index contributed by atoms with van der Waals surface area (Å²) in [5.74, 6) is 0.642. The lowest BCUT2D eigenvalue weighted by Gasteiger charge is -2.33. The Morgan fingerprint density at radius 3 is 2.52 bits per heavy atom. The van der Waals surface area contributed by atoms with E-state index in [1.54, 1.807) is 13.2 Å². The molecule has 1 aromatic rings. The summed E-state index contributed by atoms with van der Waals surface area (Å²) in [6.07, 6.45) is -0.944. The highest BCUT2D eigenvalue weighted by Crippen LogP contribution is 2.27. The average Bonchev–Trinajstić information content (AvgIpc) is 2.44. The minimum absolute atomic E-state index is 0.130. The number of benzene rings is 1. The average molecular weight is 390 g/mol. The molecule has 0 bridgehead atoms. The molecule has 0 saturated heterocycles. The first-order chi connectivity index (χ1) is 10.8. The van der Waals surface area contributed by atoms with E-state index in [1.807, 2.05) is 32.9 Å². The van der Waals surface area contributed by atoms with Gasteiger partial charge in [-0.25, -0.2) is 4.79 Å². The maximum Gasteiger partial charge on any atom is 0.408 e. The number of rotatable bonds is 8. The molecule has 6 nitrogen and oxygen atoms in total. The number of carboxylic acid groups (broad SMARTS) is 1. The lowest BCUT2D eigenvalue weighted by molar-refractivity contribution is -0.00880. The van der Waals surface area contributed by atoms with Crippen molar-refractivity contribution in [2.24, 2.45) is 0 Å². The summed E-state index contributed by atoms with van der Waals surface area (Å²) in [6, 6.07) is 5.49. The Kier molecular flexibility index (Phi) is 7.81. The lowest BCUT2D eigenvalue weighted by atomic mass is 10.1. The van der Waals surface area contributed by atoms with Gasteiger partial charge in [0.15, 0.2) is 6.79 Å². The molecule has 23 heavy (non-hydrogen) atoms. The molecule has 1 amide bonds. The standard InChI is InChI=1S/C16H24BrNO5/c1-16(2,3)18(15(19)20)10-12-5-6-14(13(17)9-12)23-11-22-8-7-21-4/h5-6,9H,7-8,10-11H2,1-4H3,(H,19,20). The van der Waals surface area contributed by atoms with E-state index in [-0.39, 0.29) is 6.79 Å². The SMILES string of the molecule is COCCOCOc1ccc(CN(C(=O)O)C(C)(C)C)cc1Br. The van der Waals surface area contributed by atoms with Crippen LogP contribution in [0.3, 0.4) is 0 Å². The van der Waals surface area contributed by atoms with Crippen LogP contribution in [0.2, 0.25) is 0 Å². The van der Waals surface area contributed by atoms with Crippen molar-refractivity contribution in [3.05, 3.63) is 28.2 Å². The van der Waals surface area contributed by atoms with Gasteiger partial charge in [0.25, 0.3) is 0 Å². The highest BCUT2D eigenvalue weighted by atomic mass is 79.9. The minimum Gasteiger partial charge on any atom is -0.466 e. The van der Waals surface area contributed by atoms with Crippen molar-refractivity contribution in [2.75, 3.05) is 27.1 Å². The number of amides is 1. The molecule has 0 unspecified atom stereocenters. The van der Waals surface area contributed by atoms with Crippen molar-refractivity contribution >= 4 is 22.0 Å². The Morgan fingerprint density at radius 2 is 2.00 bits per heavy atom. The van der Waals surface area contributed by atoms with Crippen LogP contribution in [0.5, 0.6) is 5.75 Å². The second kappa shape index (κ2) is 9.10. The largest absolute Gasteiger partial charge is 0.466 e. The normalized spacial score (nSPS) is 11.3. The van der Waals surface area contributed by atoms with E-state index in [4.69, 9.17) is 14.2 Å². The molecule has 7 heteroatoms. The smallest absolute Gasteiger partial charge is 0.408 e. The molecule has 0 radical (unpaired) electrons. The summed E-state index contributed by atoms with van der Waals surface area (Å²) in [5, 5.41) is 9.34. The molecular weight excluding hydrogens is 366 g/mol. The van der Waals surface area contributed by atoms with Crippen molar-refractivity contribution in [1.29, 1.82) is 0 Å². The van der Waals surface area contributed by atoms with Gasteiger partial charge in [0.2, 0.25) is 0 Å². The minimum atomic E-state index is -0.944. The molecule has 0 aromatic heterocycles. The van der Waals surface area contributed by atoms with Crippen molar-refractivity contribution in [3.63, 3.8) is 0 Å². The van der Waals surface area contributed by atoms with E-state index in [0.717, 1.165) is 10.0 Å². The van der Waals surface area contributed by atoms with Crippen molar-refractivity contribution in [3.8, 4) is 5.75 Å². The number of hydrogen-bond acceptors (Lipinski definition) is 4. The summed E-state index contributed by atoms with van der Waals surface area (Å²) in [5.41, 5.74) is 0.407. The third-order valence-corrected chi connectivity index (χ3v) is 3.73. The third-order valence-electron chi connectivity index (χ3n) is 3.11. The summed E-state index contributed by atoms with van der Waals surface area (Å²) >= 11 is 3.44. The first kappa shape index (κ1) is 19.7. The fourth-order valence-electron chi connectivity index (χ4n) is 1.84. The van der Waals surface area contributed by atoms with E-state index >= 15 is 0 Å². The molecule has 0 aliphatic rings. The maximum absolute atomic E-state index is 11.4. The zero-order chi connectivity index (χ0) is 17.5. The fraction of sp³-hybridized carbons (Fsp3) is 0.562. The van der Waals surface area contributed by atoms with Crippen molar-refractivity contribution in [1.82, 2.24) is 4.90 Å². The molecule has 1 rings (SSSR count). The Bertz CT molecular complexity index is 516. The van der Waals surface area contributed by atoms with E-state index in [0.29, 0.717) is 25.5 Å². The quantitative estimate of drug-likeness (QED) is 0.541. The highest BCUT2D eigenvalue weighted by Gasteiger charge is 2.26. The Hall–Kier alpha value is -1.31. The van der Waals surface area contributed by atoms with Crippen LogP contribution in [0.15, 0.2) is 22.7 Å². The second-order valence-corrected chi connectivity index (χ2v) is 6.82. The van der Waals surface area contributed by atoms with Crippen LogP contribution in [0.4, 0.5) is 4.79 Å². The van der Waals surface area contributed by atoms with Crippen molar-refractivity contribution in [2.45, 2.75) is 32.9 Å². The number of halogens is 1. The number of carbonyl (C=O) groups is 1. The summed E-state index contributed by atoms with van der Waals surface area (Å²) < 4.78 is 16.4. The van der Waals surface area contributed by atoms with Crippen LogP contribution >= 0.6 is 15.9 Å². The number of hydrogen-bond donors (Lipinski definition) is 1. The molecule has 0 saturated carbocycles. The van der Waals surface area contributed by atoms with Crippen LogP contribution in [0, 0.1) is 0 Å². The third kappa shape index (κ3) is 6.76. The molecule has 0 aliphatic carbocycles. The van der Waals surface area contributed by atoms with Gasteiger partial charge >= 0.3 is 6.09 Å². The van der Waals surface area contributed by atoms with Gasteiger partial charge < -0.3 is 19.3 Å². The summed E-state index contributed by atoms with van der Waals surface area (Å²) in [4.78, 5) is 12.8. The van der Waals surface area contributed by atoms with E-state index in [1.165, 1.54) is 4.90 Å². The summed E-state index contributed by atoms with van der Waals surface area (Å²) in [7, 11) is 1.61. The monoisotopic (exact) mass is 389 g/mol. The first-order valence-electron chi connectivity index (χ1n) is 7.24. The zero-order valence-corrected chi connectivity index (χ0v) is 15.6. The molecule has 130 valence electrons. The molecule has 1 N–H and O–H groups in total. The molecule has 1 aromatic carbocycles. The lowest BCUT2D eigenvalue weighted by Crippen LogP contribution is -2.44. The number of methoxy groups -OCH3 is 1. The molecule has 0 atom stereocenters. The maximum atomic E-state index is 11.4. The Morgan fingerprint density at radius 1 is 1.30 bits per heavy atom. The highest BCUT2D eigenvalue weighted by molar-refractivity contribution is 9.10. The Balaban J connectivity index is 2.66. The number of ether oxygens (including phenoxy) is 3. The topological polar surface area (TPSA) is 68.2 Å². The van der Waals surface area contributed by atoms with Gasteiger partial charge in [-0.15, -0.1) is 0 Å². The first-order valence-corrected chi connectivity index (χ1v) is 8.03. The van der Waals surface area contributed by atoms with Gasteiger partial charge in [-0.1, -0.05) is 6.07 Å². The summed E-state index contributed by atoms with van der Waals surface area (Å²) in [6.45, 7) is 7.01. The van der Waals surface area contributed by atoms with Crippen LogP contribution < -0.4 is 4.74 Å². The molecule has 0 spiro atoms. The van der Waals surface area contributed by atoms with Crippen molar-refractivity contribution < 1.29 is 24.1 Å². The predicted molar refractivity (Wildman–Crippen MR) is 90.8 cm³/mol. The van der Waals surface area contributed by atoms with Gasteiger partial charge in [-0.3, -0.25) is 4.90 Å². The van der Waals surface area contributed by atoms with E-state index in [9.17, 15) is 9.90 Å². The van der Waals surface area contributed by atoms with Gasteiger partial charge in [-0.05, 0) is 54.4 Å². The van der Waals surface area contributed by atoms with Gasteiger partial charge in [0.1, 0.15) is 5.75 Å². The predicted octanol–water partition coefficient (Wildman–Crippen LogP) is 3.73. The van der Waals surface area contributed by atoms with E-state index < -0.39 is 11.6 Å². The van der Waals surface area contributed by atoms with Gasteiger partial charge in [0.05, 0.1) is 17.7 Å². The van der Waals surface area contributed by atoms with Crippen LogP contribution in [-0.2, 0) is 16.0 Å². The molecule has 0 fully saturated rings. The van der Waals surface area contributed by atoms with E-state index in [2.05, 4.69) is 15.9 Å². The fourth-order valence-corrected chi connectivity index (χ4v) is 2.38. The van der Waals surface area contributed by atoms with Gasteiger partial charge in [-0.2, -0.15) is 0 Å². The van der Waals surface area contributed by atoms with Crippen LogP contribution in [0.25, 0.3) is 0 Å². The molecule has 0 aliphatic heterocycles. The Labute approximate surface area is 145 Å². The molecule has 0 heterocycles.